The van der Waals surface area contributed by atoms with Crippen LogP contribution in [-0.4, -0.2) is 22.4 Å². The summed E-state index contributed by atoms with van der Waals surface area (Å²) in [7, 11) is 0. The van der Waals surface area contributed by atoms with Gasteiger partial charge in [0, 0.05) is 25.7 Å². The molecule has 0 fully saturated rings. The Morgan fingerprint density at radius 1 is 0.964 bits per heavy atom. The van der Waals surface area contributed by atoms with Crippen LogP contribution in [0.4, 0.5) is 5.82 Å². The van der Waals surface area contributed by atoms with Crippen molar-refractivity contribution >= 4 is 11.7 Å². The Morgan fingerprint density at radius 3 is 2.36 bits per heavy atom. The van der Waals surface area contributed by atoms with E-state index in [1.54, 1.807) is 6.07 Å². The summed E-state index contributed by atoms with van der Waals surface area (Å²) in [6.07, 6.45) is 0. The molecule has 1 N–H and O–H groups in total. The Hall–Kier alpha value is -3.21. The summed E-state index contributed by atoms with van der Waals surface area (Å²) in [6.45, 7) is 7.93. The highest BCUT2D eigenvalue weighted by atomic mass is 16.1. The molecule has 5 heteroatoms. The number of amides is 1. The third kappa shape index (κ3) is 5.16. The maximum Gasteiger partial charge on any atom is 0.270 e. The molecule has 144 valence electrons. The zero-order valence-corrected chi connectivity index (χ0v) is 16.6. The molecule has 0 atom stereocenters. The first-order chi connectivity index (χ1) is 13.5. The predicted molar refractivity (Wildman–Crippen MR) is 112 cm³/mol. The SMILES string of the molecule is CCN(Cc1ccccc1)c1cc(C(=O)NCc2ccc(C)cc2)nc(C)n1. The number of rotatable bonds is 7. The predicted octanol–water partition coefficient (Wildman–Crippen LogP) is 4.05. The Balaban J connectivity index is 1.73. The van der Waals surface area contributed by atoms with Gasteiger partial charge in [0.15, 0.2) is 0 Å². The summed E-state index contributed by atoms with van der Waals surface area (Å²) >= 11 is 0. The number of hydrogen-bond donors (Lipinski definition) is 1. The van der Waals surface area contributed by atoms with Gasteiger partial charge in [-0.05, 0) is 31.9 Å². The van der Waals surface area contributed by atoms with Crippen molar-refractivity contribution in [3.63, 3.8) is 0 Å². The molecule has 0 saturated heterocycles. The van der Waals surface area contributed by atoms with E-state index in [4.69, 9.17) is 0 Å². The molecule has 0 aliphatic carbocycles. The summed E-state index contributed by atoms with van der Waals surface area (Å²) < 4.78 is 0. The highest BCUT2D eigenvalue weighted by Gasteiger charge is 2.14. The largest absolute Gasteiger partial charge is 0.352 e. The average Bonchev–Trinajstić information content (AvgIpc) is 2.71. The molecule has 2 aromatic carbocycles. The third-order valence-corrected chi connectivity index (χ3v) is 4.55. The number of carbonyl (C=O) groups is 1. The van der Waals surface area contributed by atoms with Crippen molar-refractivity contribution < 1.29 is 4.79 Å². The highest BCUT2D eigenvalue weighted by molar-refractivity contribution is 5.92. The molecule has 5 nitrogen and oxygen atoms in total. The molecule has 0 spiro atoms. The number of carbonyl (C=O) groups excluding carboxylic acids is 1. The summed E-state index contributed by atoms with van der Waals surface area (Å²) in [5.41, 5.74) is 3.85. The van der Waals surface area contributed by atoms with Crippen LogP contribution in [0.1, 0.15) is 39.9 Å². The van der Waals surface area contributed by atoms with E-state index in [0.29, 0.717) is 18.1 Å². The Labute approximate surface area is 166 Å². The number of aromatic nitrogens is 2. The molecular weight excluding hydrogens is 348 g/mol. The third-order valence-electron chi connectivity index (χ3n) is 4.55. The van der Waals surface area contributed by atoms with Crippen LogP contribution in [0.15, 0.2) is 60.7 Å². The minimum Gasteiger partial charge on any atom is -0.352 e. The van der Waals surface area contributed by atoms with E-state index in [9.17, 15) is 4.79 Å². The fraction of sp³-hybridized carbons (Fsp3) is 0.261. The molecule has 1 aromatic heterocycles. The van der Waals surface area contributed by atoms with E-state index in [1.807, 2.05) is 56.3 Å². The van der Waals surface area contributed by atoms with E-state index >= 15 is 0 Å². The van der Waals surface area contributed by atoms with Gasteiger partial charge in [-0.2, -0.15) is 0 Å². The van der Waals surface area contributed by atoms with Crippen LogP contribution in [0, 0.1) is 13.8 Å². The number of nitrogens with zero attached hydrogens (tertiary/aromatic N) is 3. The van der Waals surface area contributed by atoms with Crippen molar-refractivity contribution in [2.75, 3.05) is 11.4 Å². The lowest BCUT2D eigenvalue weighted by molar-refractivity contribution is 0.0945. The molecule has 3 aromatic rings. The molecule has 0 radical (unpaired) electrons. The molecular formula is C23H26N4O. The fourth-order valence-corrected chi connectivity index (χ4v) is 2.97. The van der Waals surface area contributed by atoms with Crippen LogP contribution in [0.25, 0.3) is 0 Å². The Morgan fingerprint density at radius 2 is 1.68 bits per heavy atom. The molecule has 1 heterocycles. The summed E-state index contributed by atoms with van der Waals surface area (Å²) in [4.78, 5) is 23.7. The van der Waals surface area contributed by atoms with Gasteiger partial charge in [-0.3, -0.25) is 4.79 Å². The number of nitrogens with one attached hydrogen (secondary N) is 1. The first kappa shape index (κ1) is 19.5. The number of hydrogen-bond acceptors (Lipinski definition) is 4. The van der Waals surface area contributed by atoms with Crippen molar-refractivity contribution in [2.24, 2.45) is 0 Å². The highest BCUT2D eigenvalue weighted by Crippen LogP contribution is 2.16. The maximum atomic E-state index is 12.6. The average molecular weight is 374 g/mol. The zero-order chi connectivity index (χ0) is 19.9. The van der Waals surface area contributed by atoms with Crippen LogP contribution in [0.2, 0.25) is 0 Å². The lowest BCUT2D eigenvalue weighted by Crippen LogP contribution is -2.27. The van der Waals surface area contributed by atoms with Gasteiger partial charge in [0.1, 0.15) is 17.3 Å². The molecule has 28 heavy (non-hydrogen) atoms. The zero-order valence-electron chi connectivity index (χ0n) is 16.6. The topological polar surface area (TPSA) is 58.1 Å². The van der Waals surface area contributed by atoms with Crippen molar-refractivity contribution in [1.82, 2.24) is 15.3 Å². The van der Waals surface area contributed by atoms with Crippen LogP contribution >= 0.6 is 0 Å². The summed E-state index contributed by atoms with van der Waals surface area (Å²) in [5, 5.41) is 2.95. The lowest BCUT2D eigenvalue weighted by Gasteiger charge is -2.22. The molecule has 3 rings (SSSR count). The van der Waals surface area contributed by atoms with Crippen LogP contribution in [-0.2, 0) is 13.1 Å². The minimum absolute atomic E-state index is 0.192. The fourth-order valence-electron chi connectivity index (χ4n) is 2.97. The van der Waals surface area contributed by atoms with E-state index in [1.165, 1.54) is 11.1 Å². The van der Waals surface area contributed by atoms with Crippen LogP contribution in [0.3, 0.4) is 0 Å². The maximum absolute atomic E-state index is 12.6. The Kier molecular flexibility index (Phi) is 6.37. The quantitative estimate of drug-likeness (QED) is 0.678. The number of anilines is 1. The minimum atomic E-state index is -0.192. The Bertz CT molecular complexity index is 923. The molecule has 0 bridgehead atoms. The lowest BCUT2D eigenvalue weighted by atomic mass is 10.1. The van der Waals surface area contributed by atoms with E-state index < -0.39 is 0 Å². The molecule has 0 unspecified atom stereocenters. The number of benzene rings is 2. The smallest absolute Gasteiger partial charge is 0.270 e. The van der Waals surface area contributed by atoms with E-state index in [-0.39, 0.29) is 5.91 Å². The van der Waals surface area contributed by atoms with Gasteiger partial charge in [0.2, 0.25) is 0 Å². The standard InChI is InChI=1S/C23H26N4O/c1-4-27(16-20-8-6-5-7-9-20)22-14-21(25-18(3)26-22)23(28)24-15-19-12-10-17(2)11-13-19/h5-14H,4,15-16H2,1-3H3,(H,24,28). The van der Waals surface area contributed by atoms with Crippen LogP contribution in [0.5, 0.6) is 0 Å². The first-order valence-electron chi connectivity index (χ1n) is 9.53. The van der Waals surface area contributed by atoms with Crippen molar-refractivity contribution in [2.45, 2.75) is 33.9 Å². The van der Waals surface area contributed by atoms with Gasteiger partial charge < -0.3 is 10.2 Å². The summed E-state index contributed by atoms with van der Waals surface area (Å²) in [5.74, 6) is 1.16. The first-order valence-corrected chi connectivity index (χ1v) is 9.53. The molecule has 1 amide bonds. The van der Waals surface area contributed by atoms with E-state index in [0.717, 1.165) is 24.5 Å². The second-order valence-corrected chi connectivity index (χ2v) is 6.83. The van der Waals surface area contributed by atoms with Crippen molar-refractivity contribution in [1.29, 1.82) is 0 Å². The monoisotopic (exact) mass is 374 g/mol. The number of aryl methyl sites for hydroxylation is 2. The van der Waals surface area contributed by atoms with Crippen LogP contribution < -0.4 is 10.2 Å². The van der Waals surface area contributed by atoms with Gasteiger partial charge >= 0.3 is 0 Å². The summed E-state index contributed by atoms with van der Waals surface area (Å²) in [6, 6.07) is 20.1. The second-order valence-electron chi connectivity index (χ2n) is 6.83. The van der Waals surface area contributed by atoms with E-state index in [2.05, 4.69) is 39.2 Å². The molecule has 0 aliphatic rings. The van der Waals surface area contributed by atoms with Crippen molar-refractivity contribution in [3.05, 3.63) is 88.9 Å². The second kappa shape index (κ2) is 9.13. The van der Waals surface area contributed by atoms with Gasteiger partial charge in [-0.25, -0.2) is 9.97 Å². The van der Waals surface area contributed by atoms with Crippen molar-refractivity contribution in [3.8, 4) is 0 Å². The van der Waals surface area contributed by atoms with Gasteiger partial charge in [0.05, 0.1) is 0 Å². The van der Waals surface area contributed by atoms with Gasteiger partial charge in [0.25, 0.3) is 5.91 Å². The normalized spacial score (nSPS) is 10.5. The molecule has 0 saturated carbocycles. The van der Waals surface area contributed by atoms with Gasteiger partial charge in [-0.15, -0.1) is 0 Å². The van der Waals surface area contributed by atoms with Gasteiger partial charge in [-0.1, -0.05) is 60.2 Å². The molecule has 0 aliphatic heterocycles.